The Morgan fingerprint density at radius 2 is 1.90 bits per heavy atom. The van der Waals surface area contributed by atoms with Gasteiger partial charge in [0.1, 0.15) is 0 Å². The molecule has 2 rings (SSSR count). The Kier molecular flexibility index (Phi) is 6.83. The fourth-order valence-electron chi connectivity index (χ4n) is 4.15. The molecule has 1 aliphatic carbocycles. The van der Waals surface area contributed by atoms with Gasteiger partial charge in [-0.2, -0.15) is 0 Å². The summed E-state index contributed by atoms with van der Waals surface area (Å²) in [5.74, 6) is 1.76. The molecule has 1 saturated carbocycles. The number of likely N-dealkylation sites (tertiary alicyclic amines) is 1. The van der Waals surface area contributed by atoms with Gasteiger partial charge >= 0.3 is 0 Å². The van der Waals surface area contributed by atoms with Crippen LogP contribution in [0.2, 0.25) is 0 Å². The van der Waals surface area contributed by atoms with Crippen LogP contribution in [0.1, 0.15) is 72.1 Å². The quantitative estimate of drug-likeness (QED) is 0.756. The fourth-order valence-corrected chi connectivity index (χ4v) is 4.15. The van der Waals surface area contributed by atoms with Gasteiger partial charge in [-0.15, -0.1) is 0 Å². The number of nitrogens with zero attached hydrogens (tertiary/aromatic N) is 1. The maximum absolute atomic E-state index is 3.85. The molecule has 0 spiro atoms. The summed E-state index contributed by atoms with van der Waals surface area (Å²) in [4.78, 5) is 2.84. The first-order valence-electron chi connectivity index (χ1n) is 9.16. The first-order valence-corrected chi connectivity index (χ1v) is 9.16. The largest absolute Gasteiger partial charge is 0.313 e. The van der Waals surface area contributed by atoms with Crippen LogP contribution >= 0.6 is 0 Å². The van der Waals surface area contributed by atoms with Crippen LogP contribution in [0.3, 0.4) is 0 Å². The van der Waals surface area contributed by atoms with E-state index in [-0.39, 0.29) is 0 Å². The molecule has 1 heterocycles. The second kappa shape index (κ2) is 8.38. The van der Waals surface area contributed by atoms with Gasteiger partial charge in [0.2, 0.25) is 0 Å². The van der Waals surface area contributed by atoms with Crippen molar-refractivity contribution >= 4 is 0 Å². The molecule has 2 aliphatic rings. The summed E-state index contributed by atoms with van der Waals surface area (Å²) in [7, 11) is 0. The van der Waals surface area contributed by atoms with E-state index in [9.17, 15) is 0 Å². The van der Waals surface area contributed by atoms with Crippen LogP contribution in [0.25, 0.3) is 0 Å². The Labute approximate surface area is 126 Å². The summed E-state index contributed by atoms with van der Waals surface area (Å²) < 4.78 is 0. The van der Waals surface area contributed by atoms with Crippen molar-refractivity contribution in [1.82, 2.24) is 10.2 Å². The molecule has 0 aromatic heterocycles. The summed E-state index contributed by atoms with van der Waals surface area (Å²) >= 11 is 0. The van der Waals surface area contributed by atoms with Gasteiger partial charge in [0.05, 0.1) is 0 Å². The average molecular weight is 281 g/mol. The molecule has 0 aromatic rings. The lowest BCUT2D eigenvalue weighted by Gasteiger charge is -2.41. The van der Waals surface area contributed by atoms with Crippen molar-refractivity contribution in [3.8, 4) is 0 Å². The number of piperidine rings is 1. The summed E-state index contributed by atoms with van der Waals surface area (Å²) in [5, 5.41) is 3.85. The van der Waals surface area contributed by atoms with Gasteiger partial charge in [-0.1, -0.05) is 40.0 Å². The Morgan fingerprint density at radius 3 is 2.55 bits per heavy atom. The van der Waals surface area contributed by atoms with Crippen LogP contribution in [0.15, 0.2) is 0 Å². The Hall–Kier alpha value is -0.0800. The van der Waals surface area contributed by atoms with Gasteiger partial charge in [-0.3, -0.25) is 4.90 Å². The average Bonchev–Trinajstić information content (AvgIpc) is 2.92. The number of rotatable bonds is 7. The highest BCUT2D eigenvalue weighted by molar-refractivity contribution is 4.88. The standard InChI is InChI=1S/C18H36N2/c1-4-7-16-12-17(19-11-10-15(2)3)14-20(13-16)18-8-5-6-9-18/h15-19H,4-14H2,1-3H3. The van der Waals surface area contributed by atoms with Crippen LogP contribution in [0.5, 0.6) is 0 Å². The van der Waals surface area contributed by atoms with E-state index in [0.29, 0.717) is 0 Å². The lowest BCUT2D eigenvalue weighted by atomic mass is 9.89. The van der Waals surface area contributed by atoms with Gasteiger partial charge in [0.15, 0.2) is 0 Å². The van der Waals surface area contributed by atoms with Gasteiger partial charge < -0.3 is 5.32 Å². The Morgan fingerprint density at radius 1 is 1.15 bits per heavy atom. The number of nitrogens with one attached hydrogen (secondary N) is 1. The SMILES string of the molecule is CCCC1CC(NCCC(C)C)CN(C2CCCC2)C1. The zero-order chi connectivity index (χ0) is 14.4. The van der Waals surface area contributed by atoms with Gasteiger partial charge in [-0.25, -0.2) is 0 Å². The third-order valence-corrected chi connectivity index (χ3v) is 5.26. The minimum atomic E-state index is 0.750. The highest BCUT2D eigenvalue weighted by atomic mass is 15.2. The predicted molar refractivity (Wildman–Crippen MR) is 88.1 cm³/mol. The predicted octanol–water partition coefficient (Wildman–Crippen LogP) is 4.06. The molecule has 1 saturated heterocycles. The molecule has 1 N–H and O–H groups in total. The third-order valence-electron chi connectivity index (χ3n) is 5.26. The maximum atomic E-state index is 3.85. The van der Waals surface area contributed by atoms with Crippen LogP contribution in [0.4, 0.5) is 0 Å². The fraction of sp³-hybridized carbons (Fsp3) is 1.00. The van der Waals surface area contributed by atoms with Gasteiger partial charge in [0.25, 0.3) is 0 Å². The molecular weight excluding hydrogens is 244 g/mol. The van der Waals surface area contributed by atoms with E-state index in [1.165, 1.54) is 71.0 Å². The monoisotopic (exact) mass is 280 g/mol. The molecule has 0 radical (unpaired) electrons. The van der Waals surface area contributed by atoms with Gasteiger partial charge in [-0.05, 0) is 50.5 Å². The minimum Gasteiger partial charge on any atom is -0.313 e. The molecule has 20 heavy (non-hydrogen) atoms. The lowest BCUT2D eigenvalue weighted by Crippen LogP contribution is -2.52. The minimum absolute atomic E-state index is 0.750. The smallest absolute Gasteiger partial charge is 0.0198 e. The summed E-state index contributed by atoms with van der Waals surface area (Å²) in [6.45, 7) is 10.9. The van der Waals surface area contributed by atoms with Crippen LogP contribution < -0.4 is 5.32 Å². The van der Waals surface area contributed by atoms with Crippen LogP contribution in [-0.4, -0.2) is 36.6 Å². The highest BCUT2D eigenvalue weighted by Crippen LogP contribution is 2.29. The van der Waals surface area contributed by atoms with E-state index in [1.807, 2.05) is 0 Å². The molecular formula is C18H36N2. The lowest BCUT2D eigenvalue weighted by molar-refractivity contribution is 0.0947. The molecule has 2 atom stereocenters. The van der Waals surface area contributed by atoms with E-state index in [2.05, 4.69) is 31.0 Å². The van der Waals surface area contributed by atoms with Crippen molar-refractivity contribution in [2.75, 3.05) is 19.6 Å². The molecule has 118 valence electrons. The molecule has 0 bridgehead atoms. The summed E-state index contributed by atoms with van der Waals surface area (Å²) in [6.07, 6.45) is 11.3. The van der Waals surface area contributed by atoms with E-state index in [4.69, 9.17) is 0 Å². The van der Waals surface area contributed by atoms with E-state index < -0.39 is 0 Å². The van der Waals surface area contributed by atoms with Crippen molar-refractivity contribution in [2.45, 2.75) is 84.2 Å². The molecule has 0 aromatic carbocycles. The molecule has 2 unspecified atom stereocenters. The molecule has 1 aliphatic heterocycles. The zero-order valence-electron chi connectivity index (χ0n) is 14.0. The van der Waals surface area contributed by atoms with Crippen molar-refractivity contribution in [3.05, 3.63) is 0 Å². The second-order valence-corrected chi connectivity index (χ2v) is 7.62. The van der Waals surface area contributed by atoms with E-state index in [1.54, 1.807) is 0 Å². The van der Waals surface area contributed by atoms with Crippen LogP contribution in [-0.2, 0) is 0 Å². The molecule has 2 nitrogen and oxygen atoms in total. The van der Waals surface area contributed by atoms with Gasteiger partial charge in [0, 0.05) is 25.2 Å². The van der Waals surface area contributed by atoms with Crippen LogP contribution in [0, 0.1) is 11.8 Å². The second-order valence-electron chi connectivity index (χ2n) is 7.62. The first-order chi connectivity index (χ1) is 9.69. The summed E-state index contributed by atoms with van der Waals surface area (Å²) in [5.41, 5.74) is 0. The number of hydrogen-bond acceptors (Lipinski definition) is 2. The van der Waals surface area contributed by atoms with E-state index >= 15 is 0 Å². The summed E-state index contributed by atoms with van der Waals surface area (Å²) in [6, 6.07) is 1.66. The van der Waals surface area contributed by atoms with E-state index in [0.717, 1.165) is 23.9 Å². The topological polar surface area (TPSA) is 15.3 Å². The van der Waals surface area contributed by atoms with Crippen molar-refractivity contribution in [3.63, 3.8) is 0 Å². The zero-order valence-corrected chi connectivity index (χ0v) is 14.0. The maximum Gasteiger partial charge on any atom is 0.0198 e. The molecule has 2 heteroatoms. The van der Waals surface area contributed by atoms with Crippen molar-refractivity contribution in [2.24, 2.45) is 11.8 Å². The molecule has 2 fully saturated rings. The highest BCUT2D eigenvalue weighted by Gasteiger charge is 2.31. The Bertz CT molecular complexity index is 258. The number of hydrogen-bond donors (Lipinski definition) is 1. The first kappa shape index (κ1) is 16.3. The Balaban J connectivity index is 1.83. The van der Waals surface area contributed by atoms with Crippen molar-refractivity contribution < 1.29 is 0 Å². The third kappa shape index (κ3) is 5.04. The normalized spacial score (nSPS) is 29.4. The molecule has 0 amide bonds. The van der Waals surface area contributed by atoms with Crippen molar-refractivity contribution in [1.29, 1.82) is 0 Å².